The molecule has 0 spiro atoms. The van der Waals surface area contributed by atoms with E-state index in [2.05, 4.69) is 17.1 Å². The Labute approximate surface area is 188 Å². The summed E-state index contributed by atoms with van der Waals surface area (Å²) in [6.07, 6.45) is 1.80. The number of aryl methyl sites for hydroxylation is 2. The second-order valence-corrected chi connectivity index (χ2v) is 7.95. The summed E-state index contributed by atoms with van der Waals surface area (Å²) < 4.78 is 25.0. The standard InChI is InChI=1S/C26H18FN3O3/c1-13-9-17(12-30-14(13)2)15-3-5-16(6-4-15)22-20(11-28)25(29)33-24-19-10-18(27)7-8-21(19)32-26(31)23(22)24/h3-10,12,22H,29H2,1-2H3. The van der Waals surface area contributed by atoms with E-state index in [-0.39, 0.29) is 33.7 Å². The van der Waals surface area contributed by atoms with Gasteiger partial charge in [-0.15, -0.1) is 0 Å². The van der Waals surface area contributed by atoms with Crippen LogP contribution >= 0.6 is 0 Å². The van der Waals surface area contributed by atoms with Gasteiger partial charge >= 0.3 is 5.63 Å². The summed E-state index contributed by atoms with van der Waals surface area (Å²) in [6.45, 7) is 3.95. The van der Waals surface area contributed by atoms with Gasteiger partial charge in [0.25, 0.3) is 0 Å². The van der Waals surface area contributed by atoms with E-state index in [4.69, 9.17) is 14.9 Å². The highest BCUT2D eigenvalue weighted by molar-refractivity contribution is 5.86. The molecule has 4 aromatic rings. The molecule has 33 heavy (non-hydrogen) atoms. The third kappa shape index (κ3) is 3.33. The van der Waals surface area contributed by atoms with Gasteiger partial charge in [-0.1, -0.05) is 24.3 Å². The fourth-order valence-corrected chi connectivity index (χ4v) is 4.09. The van der Waals surface area contributed by atoms with Crippen LogP contribution in [0.15, 0.2) is 75.4 Å². The molecule has 1 aliphatic rings. The van der Waals surface area contributed by atoms with E-state index in [0.717, 1.165) is 22.4 Å². The molecule has 2 N–H and O–H groups in total. The Kier molecular flexibility index (Phi) is 4.72. The van der Waals surface area contributed by atoms with Crippen molar-refractivity contribution in [2.45, 2.75) is 19.8 Å². The molecule has 5 rings (SSSR count). The van der Waals surface area contributed by atoms with E-state index in [9.17, 15) is 14.4 Å². The van der Waals surface area contributed by atoms with E-state index in [1.54, 1.807) is 6.20 Å². The molecule has 0 aliphatic carbocycles. The molecule has 6 nitrogen and oxygen atoms in total. The van der Waals surface area contributed by atoms with Crippen LogP contribution in [0.4, 0.5) is 4.39 Å². The van der Waals surface area contributed by atoms with Gasteiger partial charge in [0.05, 0.1) is 16.9 Å². The molecule has 0 bridgehead atoms. The van der Waals surface area contributed by atoms with E-state index in [1.165, 1.54) is 18.2 Å². The van der Waals surface area contributed by atoms with E-state index in [0.29, 0.717) is 5.56 Å². The third-order valence-corrected chi connectivity index (χ3v) is 5.95. The zero-order valence-electron chi connectivity index (χ0n) is 17.8. The minimum absolute atomic E-state index is 0.0890. The summed E-state index contributed by atoms with van der Waals surface area (Å²) in [5.41, 5.74) is 10.3. The molecule has 2 aromatic heterocycles. The summed E-state index contributed by atoms with van der Waals surface area (Å²) in [7, 11) is 0. The first-order valence-electron chi connectivity index (χ1n) is 10.2. The maximum Gasteiger partial charge on any atom is 0.344 e. The van der Waals surface area contributed by atoms with E-state index in [1.807, 2.05) is 38.1 Å². The maximum absolute atomic E-state index is 14.0. The highest BCUT2D eigenvalue weighted by Crippen LogP contribution is 2.43. The Morgan fingerprint density at radius 2 is 1.85 bits per heavy atom. The van der Waals surface area contributed by atoms with Crippen LogP contribution in [-0.2, 0) is 0 Å². The zero-order chi connectivity index (χ0) is 23.3. The molecule has 1 unspecified atom stereocenters. The number of rotatable bonds is 2. The number of nitrogens with two attached hydrogens (primary N) is 1. The topological polar surface area (TPSA) is 102 Å². The first-order chi connectivity index (χ1) is 15.9. The molecule has 3 heterocycles. The Morgan fingerprint density at radius 1 is 1.09 bits per heavy atom. The van der Waals surface area contributed by atoms with Gasteiger partial charge in [0, 0.05) is 17.5 Å². The Balaban J connectivity index is 1.69. The third-order valence-electron chi connectivity index (χ3n) is 5.95. The van der Waals surface area contributed by atoms with Crippen LogP contribution < -0.4 is 16.1 Å². The molecule has 7 heteroatoms. The normalized spacial score (nSPS) is 15.2. The first-order valence-corrected chi connectivity index (χ1v) is 10.2. The number of hydrogen-bond donors (Lipinski definition) is 1. The number of aromatic nitrogens is 1. The van der Waals surface area contributed by atoms with Gasteiger partial charge in [0.1, 0.15) is 23.0 Å². The average molecular weight is 439 g/mol. The Bertz CT molecular complexity index is 1560. The number of pyridine rings is 1. The fraction of sp³-hybridized carbons (Fsp3) is 0.115. The Morgan fingerprint density at radius 3 is 2.55 bits per heavy atom. The summed E-state index contributed by atoms with van der Waals surface area (Å²) in [6, 6.07) is 15.3. The number of fused-ring (bicyclic) bond motifs is 3. The fourth-order valence-electron chi connectivity index (χ4n) is 4.09. The summed E-state index contributed by atoms with van der Waals surface area (Å²) >= 11 is 0. The minimum atomic E-state index is -0.811. The molecule has 2 aromatic carbocycles. The number of nitrogens with zero attached hydrogens (tertiary/aromatic N) is 2. The second kappa shape index (κ2) is 7.61. The monoisotopic (exact) mass is 439 g/mol. The predicted molar refractivity (Wildman–Crippen MR) is 121 cm³/mol. The summed E-state index contributed by atoms with van der Waals surface area (Å²) in [5.74, 6) is -1.36. The predicted octanol–water partition coefficient (Wildman–Crippen LogP) is 4.83. The van der Waals surface area contributed by atoms with Crippen molar-refractivity contribution in [2.75, 3.05) is 0 Å². The summed E-state index contributed by atoms with van der Waals surface area (Å²) in [5, 5.41) is 10.1. The van der Waals surface area contributed by atoms with Crippen LogP contribution in [0.25, 0.3) is 22.1 Å². The lowest BCUT2D eigenvalue weighted by molar-refractivity contribution is 0.388. The van der Waals surface area contributed by atoms with Gasteiger partial charge < -0.3 is 14.9 Å². The number of nitriles is 1. The SMILES string of the molecule is Cc1cc(-c2ccc(C3C(C#N)=C(N)Oc4c3c(=O)oc3ccc(F)cc43)cc2)cnc1C. The van der Waals surface area contributed by atoms with Crippen LogP contribution in [0.2, 0.25) is 0 Å². The quantitative estimate of drug-likeness (QED) is 0.449. The molecule has 0 saturated heterocycles. The van der Waals surface area contributed by atoms with Crippen molar-refractivity contribution in [1.82, 2.24) is 4.98 Å². The number of ether oxygens (including phenoxy) is 1. The van der Waals surface area contributed by atoms with Gasteiger partial charge in [-0.3, -0.25) is 4.98 Å². The van der Waals surface area contributed by atoms with Gasteiger partial charge in [-0.25, -0.2) is 9.18 Å². The molecule has 0 saturated carbocycles. The van der Waals surface area contributed by atoms with E-state index >= 15 is 0 Å². The number of hydrogen-bond acceptors (Lipinski definition) is 6. The van der Waals surface area contributed by atoms with Gasteiger partial charge in [-0.2, -0.15) is 5.26 Å². The van der Waals surface area contributed by atoms with Crippen LogP contribution in [0.5, 0.6) is 5.75 Å². The van der Waals surface area contributed by atoms with Crippen molar-refractivity contribution in [2.24, 2.45) is 5.73 Å². The minimum Gasteiger partial charge on any atom is -0.439 e. The number of allylic oxidation sites excluding steroid dienone is 1. The molecule has 1 atom stereocenters. The smallest absolute Gasteiger partial charge is 0.344 e. The lowest BCUT2D eigenvalue weighted by Crippen LogP contribution is -2.26. The van der Waals surface area contributed by atoms with Crippen molar-refractivity contribution >= 4 is 11.0 Å². The first kappa shape index (κ1) is 20.5. The Hall–Kier alpha value is -4.44. The van der Waals surface area contributed by atoms with Crippen LogP contribution in [0.1, 0.15) is 28.3 Å². The lowest BCUT2D eigenvalue weighted by Gasteiger charge is -2.26. The van der Waals surface area contributed by atoms with E-state index < -0.39 is 17.4 Å². The zero-order valence-corrected chi connectivity index (χ0v) is 17.8. The van der Waals surface area contributed by atoms with Gasteiger partial charge in [0.15, 0.2) is 5.75 Å². The molecule has 0 fully saturated rings. The molecule has 0 amide bonds. The molecular formula is C26H18FN3O3. The molecule has 0 radical (unpaired) electrons. The summed E-state index contributed by atoms with van der Waals surface area (Å²) in [4.78, 5) is 17.4. The number of halogens is 1. The van der Waals surface area contributed by atoms with Crippen LogP contribution in [0, 0.1) is 31.0 Å². The van der Waals surface area contributed by atoms with Gasteiger partial charge in [-0.05, 0) is 54.8 Å². The largest absolute Gasteiger partial charge is 0.439 e. The van der Waals surface area contributed by atoms with Crippen LogP contribution in [-0.4, -0.2) is 4.98 Å². The maximum atomic E-state index is 14.0. The van der Waals surface area contributed by atoms with Crippen molar-refractivity contribution in [1.29, 1.82) is 5.26 Å². The highest BCUT2D eigenvalue weighted by Gasteiger charge is 2.35. The molecule has 162 valence electrons. The van der Waals surface area contributed by atoms with Crippen molar-refractivity contribution in [3.05, 3.63) is 105 Å². The van der Waals surface area contributed by atoms with Crippen molar-refractivity contribution in [3.8, 4) is 22.9 Å². The highest BCUT2D eigenvalue weighted by atomic mass is 19.1. The average Bonchev–Trinajstić information content (AvgIpc) is 2.81. The molecular weight excluding hydrogens is 421 g/mol. The van der Waals surface area contributed by atoms with Crippen LogP contribution in [0.3, 0.4) is 0 Å². The van der Waals surface area contributed by atoms with Gasteiger partial charge in [0.2, 0.25) is 5.88 Å². The van der Waals surface area contributed by atoms with Crippen molar-refractivity contribution < 1.29 is 13.5 Å². The van der Waals surface area contributed by atoms with Crippen molar-refractivity contribution in [3.63, 3.8) is 0 Å². The lowest BCUT2D eigenvalue weighted by atomic mass is 9.83. The molecule has 1 aliphatic heterocycles. The second-order valence-electron chi connectivity index (χ2n) is 7.95. The number of benzene rings is 2.